The molecule has 0 unspecified atom stereocenters. The molecule has 5 nitrogen and oxygen atoms in total. The molecule has 1 aromatic heterocycles. The minimum absolute atomic E-state index is 0.123. The summed E-state index contributed by atoms with van der Waals surface area (Å²) < 4.78 is 6.33. The van der Waals surface area contributed by atoms with Crippen LogP contribution < -0.4 is 10.1 Å². The average Bonchev–Trinajstić information content (AvgIpc) is 2.55. The average molecular weight is 358 g/mol. The Morgan fingerprint density at radius 3 is 2.73 bits per heavy atom. The van der Waals surface area contributed by atoms with Crippen LogP contribution in [0.25, 0.3) is 10.9 Å². The first-order valence-electron chi connectivity index (χ1n) is 6.61. The highest BCUT2D eigenvalue weighted by Gasteiger charge is 2.09. The Hall–Kier alpha value is -2.47. The van der Waals surface area contributed by atoms with Crippen molar-refractivity contribution < 1.29 is 9.53 Å². The highest BCUT2D eigenvalue weighted by atomic mass is 79.9. The summed E-state index contributed by atoms with van der Waals surface area (Å²) in [6.07, 6.45) is 1.42. The van der Waals surface area contributed by atoms with Gasteiger partial charge in [0.2, 0.25) is 5.88 Å². The highest BCUT2D eigenvalue weighted by molar-refractivity contribution is 9.10. The second-order valence-corrected chi connectivity index (χ2v) is 5.37. The van der Waals surface area contributed by atoms with E-state index < -0.39 is 0 Å². The van der Waals surface area contributed by atoms with Crippen LogP contribution in [0.2, 0.25) is 0 Å². The molecular weight excluding hydrogens is 346 g/mol. The SMILES string of the molecule is O=C(COc1ncnc2ccccc12)Nc1ccccc1Br. The Labute approximate surface area is 135 Å². The van der Waals surface area contributed by atoms with Gasteiger partial charge in [0.25, 0.3) is 5.91 Å². The van der Waals surface area contributed by atoms with E-state index in [1.807, 2.05) is 48.5 Å². The molecular formula is C16H12BrN3O2. The van der Waals surface area contributed by atoms with Gasteiger partial charge >= 0.3 is 0 Å². The van der Waals surface area contributed by atoms with E-state index >= 15 is 0 Å². The second kappa shape index (κ2) is 6.53. The number of hydrogen-bond donors (Lipinski definition) is 1. The van der Waals surface area contributed by atoms with Crippen LogP contribution in [0.15, 0.2) is 59.3 Å². The number of benzene rings is 2. The number of anilines is 1. The lowest BCUT2D eigenvalue weighted by atomic mass is 10.2. The first kappa shape index (κ1) is 14.5. The molecule has 2 aromatic carbocycles. The third kappa shape index (κ3) is 3.23. The molecule has 3 rings (SSSR count). The number of para-hydroxylation sites is 2. The number of carbonyl (C=O) groups is 1. The maximum Gasteiger partial charge on any atom is 0.262 e. The molecule has 0 spiro atoms. The third-order valence-corrected chi connectivity index (χ3v) is 3.69. The molecule has 1 heterocycles. The molecule has 0 saturated carbocycles. The number of ether oxygens (including phenoxy) is 1. The topological polar surface area (TPSA) is 64.1 Å². The van der Waals surface area contributed by atoms with E-state index in [0.717, 1.165) is 15.4 Å². The van der Waals surface area contributed by atoms with Crippen LogP contribution in [0.1, 0.15) is 0 Å². The number of carbonyl (C=O) groups excluding carboxylic acids is 1. The normalized spacial score (nSPS) is 10.4. The maximum absolute atomic E-state index is 12.0. The molecule has 0 fully saturated rings. The summed E-state index contributed by atoms with van der Waals surface area (Å²) in [7, 11) is 0. The van der Waals surface area contributed by atoms with Crippen molar-refractivity contribution in [3.05, 3.63) is 59.3 Å². The van der Waals surface area contributed by atoms with Crippen LogP contribution in [0, 0.1) is 0 Å². The fraction of sp³-hybridized carbons (Fsp3) is 0.0625. The van der Waals surface area contributed by atoms with Crippen LogP contribution in [0.5, 0.6) is 5.88 Å². The van der Waals surface area contributed by atoms with Crippen LogP contribution in [0.3, 0.4) is 0 Å². The number of fused-ring (bicyclic) bond motifs is 1. The van der Waals surface area contributed by atoms with E-state index in [-0.39, 0.29) is 12.5 Å². The molecule has 0 atom stereocenters. The predicted octanol–water partition coefficient (Wildman–Crippen LogP) is 3.41. The van der Waals surface area contributed by atoms with Crippen molar-refractivity contribution >= 4 is 38.4 Å². The van der Waals surface area contributed by atoms with Crippen molar-refractivity contribution in [2.45, 2.75) is 0 Å². The van der Waals surface area contributed by atoms with E-state index in [2.05, 4.69) is 31.2 Å². The quantitative estimate of drug-likeness (QED) is 0.776. The van der Waals surface area contributed by atoms with Gasteiger partial charge in [-0.3, -0.25) is 4.79 Å². The largest absolute Gasteiger partial charge is 0.467 e. The van der Waals surface area contributed by atoms with Crippen LogP contribution in [-0.4, -0.2) is 22.5 Å². The van der Waals surface area contributed by atoms with E-state index in [9.17, 15) is 4.79 Å². The zero-order chi connectivity index (χ0) is 15.4. The zero-order valence-electron chi connectivity index (χ0n) is 11.5. The molecule has 0 bridgehead atoms. The molecule has 1 amide bonds. The zero-order valence-corrected chi connectivity index (χ0v) is 13.1. The van der Waals surface area contributed by atoms with E-state index in [1.54, 1.807) is 0 Å². The number of amides is 1. The lowest BCUT2D eigenvalue weighted by Crippen LogP contribution is -2.20. The fourth-order valence-electron chi connectivity index (χ4n) is 1.98. The number of aromatic nitrogens is 2. The molecule has 110 valence electrons. The molecule has 1 N–H and O–H groups in total. The van der Waals surface area contributed by atoms with Gasteiger partial charge in [-0.1, -0.05) is 24.3 Å². The Bertz CT molecular complexity index is 818. The van der Waals surface area contributed by atoms with Crippen LogP contribution in [0.4, 0.5) is 5.69 Å². The Morgan fingerprint density at radius 1 is 1.09 bits per heavy atom. The highest BCUT2D eigenvalue weighted by Crippen LogP contribution is 2.22. The first-order valence-corrected chi connectivity index (χ1v) is 7.40. The van der Waals surface area contributed by atoms with E-state index in [1.165, 1.54) is 6.33 Å². The van der Waals surface area contributed by atoms with Crippen LogP contribution >= 0.6 is 15.9 Å². The molecule has 0 aliphatic heterocycles. The maximum atomic E-state index is 12.0. The molecule has 22 heavy (non-hydrogen) atoms. The minimum atomic E-state index is -0.255. The number of nitrogens with one attached hydrogen (secondary N) is 1. The summed E-state index contributed by atoms with van der Waals surface area (Å²) in [4.78, 5) is 20.2. The van der Waals surface area contributed by atoms with Gasteiger partial charge in [-0.05, 0) is 40.2 Å². The van der Waals surface area contributed by atoms with Gasteiger partial charge in [-0.15, -0.1) is 0 Å². The number of hydrogen-bond acceptors (Lipinski definition) is 4. The summed E-state index contributed by atoms with van der Waals surface area (Å²) in [5.74, 6) is 0.141. The molecule has 0 radical (unpaired) electrons. The summed E-state index contributed by atoms with van der Waals surface area (Å²) in [5.41, 5.74) is 1.47. The smallest absolute Gasteiger partial charge is 0.262 e. The standard InChI is InChI=1S/C16H12BrN3O2/c17-12-6-2-4-8-14(12)20-15(21)9-22-16-11-5-1-3-7-13(11)18-10-19-16/h1-8,10H,9H2,(H,20,21). The molecule has 3 aromatic rings. The van der Waals surface area contributed by atoms with Gasteiger partial charge in [-0.25, -0.2) is 9.97 Å². The molecule has 0 aliphatic carbocycles. The number of rotatable bonds is 4. The summed E-state index contributed by atoms with van der Waals surface area (Å²) >= 11 is 3.38. The minimum Gasteiger partial charge on any atom is -0.467 e. The van der Waals surface area contributed by atoms with Gasteiger partial charge < -0.3 is 10.1 Å². The van der Waals surface area contributed by atoms with Crippen molar-refractivity contribution in [3.63, 3.8) is 0 Å². The van der Waals surface area contributed by atoms with Gasteiger partial charge in [0.05, 0.1) is 16.6 Å². The number of halogens is 1. The summed E-state index contributed by atoms with van der Waals surface area (Å²) in [6, 6.07) is 14.9. The molecule has 0 aliphatic rings. The Morgan fingerprint density at radius 2 is 1.86 bits per heavy atom. The Kier molecular flexibility index (Phi) is 4.29. The van der Waals surface area contributed by atoms with Gasteiger partial charge in [0.15, 0.2) is 6.61 Å². The first-order chi connectivity index (χ1) is 10.7. The van der Waals surface area contributed by atoms with Gasteiger partial charge in [0, 0.05) is 4.47 Å². The summed E-state index contributed by atoms with van der Waals surface area (Å²) in [5, 5.41) is 3.55. The summed E-state index contributed by atoms with van der Waals surface area (Å²) in [6.45, 7) is -0.123. The monoisotopic (exact) mass is 357 g/mol. The van der Waals surface area contributed by atoms with Crippen molar-refractivity contribution in [2.75, 3.05) is 11.9 Å². The Balaban J connectivity index is 1.69. The van der Waals surface area contributed by atoms with E-state index in [4.69, 9.17) is 4.74 Å². The molecule has 6 heteroatoms. The van der Waals surface area contributed by atoms with Gasteiger partial charge in [0.1, 0.15) is 6.33 Å². The van der Waals surface area contributed by atoms with Crippen molar-refractivity contribution in [2.24, 2.45) is 0 Å². The fourth-order valence-corrected chi connectivity index (χ4v) is 2.36. The van der Waals surface area contributed by atoms with Crippen molar-refractivity contribution in [1.29, 1.82) is 0 Å². The van der Waals surface area contributed by atoms with Crippen molar-refractivity contribution in [1.82, 2.24) is 9.97 Å². The lowest BCUT2D eigenvalue weighted by Gasteiger charge is -2.09. The second-order valence-electron chi connectivity index (χ2n) is 4.51. The lowest BCUT2D eigenvalue weighted by molar-refractivity contribution is -0.118. The van der Waals surface area contributed by atoms with Gasteiger partial charge in [-0.2, -0.15) is 0 Å². The third-order valence-electron chi connectivity index (χ3n) is 2.99. The molecule has 0 saturated heterocycles. The van der Waals surface area contributed by atoms with E-state index in [0.29, 0.717) is 11.6 Å². The van der Waals surface area contributed by atoms with Crippen LogP contribution in [-0.2, 0) is 4.79 Å². The predicted molar refractivity (Wildman–Crippen MR) is 87.8 cm³/mol. The number of nitrogens with zero attached hydrogens (tertiary/aromatic N) is 2. The van der Waals surface area contributed by atoms with Crippen molar-refractivity contribution in [3.8, 4) is 5.88 Å².